The first kappa shape index (κ1) is 17.2. The van der Waals surface area contributed by atoms with E-state index in [2.05, 4.69) is 39.2 Å². The molecule has 0 saturated carbocycles. The zero-order chi connectivity index (χ0) is 16.9. The molecule has 2 aromatic rings. The first-order chi connectivity index (χ1) is 10.9. The lowest BCUT2D eigenvalue weighted by atomic mass is 10.3. The SMILES string of the molecule is CCN(CC)c1ncc(/C=N\Nc2ccc(C(F)(F)F)cn2)s1. The second-order valence-corrected chi connectivity index (χ2v) is 5.56. The van der Waals surface area contributed by atoms with Crippen LogP contribution < -0.4 is 10.3 Å². The predicted molar refractivity (Wildman–Crippen MR) is 86.1 cm³/mol. The van der Waals surface area contributed by atoms with Crippen molar-refractivity contribution in [1.82, 2.24) is 9.97 Å². The molecule has 0 aliphatic carbocycles. The Hall–Kier alpha value is -2.16. The highest BCUT2D eigenvalue weighted by molar-refractivity contribution is 7.17. The molecule has 0 aromatic carbocycles. The van der Waals surface area contributed by atoms with Gasteiger partial charge in [-0.05, 0) is 26.0 Å². The standard InChI is InChI=1S/C14H16F3N5S/c1-3-22(4-2)13-19-8-11(23-13)9-20-21-12-6-5-10(7-18-12)14(15,16)17/h5-9H,3-4H2,1-2H3,(H,18,21)/b20-9-. The van der Waals surface area contributed by atoms with Crippen molar-refractivity contribution < 1.29 is 13.2 Å². The van der Waals surface area contributed by atoms with Gasteiger partial charge in [-0.2, -0.15) is 18.3 Å². The lowest BCUT2D eigenvalue weighted by Crippen LogP contribution is -2.21. The van der Waals surface area contributed by atoms with Gasteiger partial charge in [0.25, 0.3) is 0 Å². The monoisotopic (exact) mass is 343 g/mol. The Morgan fingerprint density at radius 3 is 2.52 bits per heavy atom. The fourth-order valence-corrected chi connectivity index (χ4v) is 2.68. The van der Waals surface area contributed by atoms with Gasteiger partial charge in [0.05, 0.1) is 16.7 Å². The van der Waals surface area contributed by atoms with Gasteiger partial charge in [0.2, 0.25) is 0 Å². The molecular formula is C14H16F3N5S. The highest BCUT2D eigenvalue weighted by atomic mass is 32.1. The van der Waals surface area contributed by atoms with Crippen LogP contribution in [0.5, 0.6) is 0 Å². The maximum atomic E-state index is 12.4. The number of hydrogen-bond donors (Lipinski definition) is 1. The Morgan fingerprint density at radius 2 is 1.96 bits per heavy atom. The molecule has 1 N–H and O–H groups in total. The number of rotatable bonds is 6. The first-order valence-electron chi connectivity index (χ1n) is 6.97. The van der Waals surface area contributed by atoms with Crippen molar-refractivity contribution in [2.75, 3.05) is 23.4 Å². The number of nitrogens with zero attached hydrogens (tertiary/aromatic N) is 4. The van der Waals surface area contributed by atoms with Gasteiger partial charge in [-0.3, -0.25) is 5.43 Å². The smallest absolute Gasteiger partial charge is 0.349 e. The zero-order valence-corrected chi connectivity index (χ0v) is 13.4. The third-order valence-electron chi connectivity index (χ3n) is 3.01. The molecule has 0 bridgehead atoms. The summed E-state index contributed by atoms with van der Waals surface area (Å²) in [6.07, 6.45) is -0.366. The Labute approximate surface area is 135 Å². The summed E-state index contributed by atoms with van der Waals surface area (Å²) in [6, 6.07) is 2.18. The summed E-state index contributed by atoms with van der Waals surface area (Å²) in [5, 5.41) is 4.87. The number of thiazole rings is 1. The van der Waals surface area contributed by atoms with E-state index in [4.69, 9.17) is 0 Å². The third-order valence-corrected chi connectivity index (χ3v) is 4.00. The molecule has 0 aliphatic heterocycles. The molecule has 0 amide bonds. The molecule has 0 atom stereocenters. The van der Waals surface area contributed by atoms with Gasteiger partial charge in [-0.25, -0.2) is 9.97 Å². The Morgan fingerprint density at radius 1 is 1.22 bits per heavy atom. The second-order valence-electron chi connectivity index (χ2n) is 4.52. The summed E-state index contributed by atoms with van der Waals surface area (Å²) in [5.74, 6) is 0.239. The van der Waals surface area contributed by atoms with Crippen molar-refractivity contribution in [3.8, 4) is 0 Å². The number of alkyl halides is 3. The van der Waals surface area contributed by atoms with Crippen LogP contribution in [0.2, 0.25) is 0 Å². The molecule has 0 fully saturated rings. The van der Waals surface area contributed by atoms with Gasteiger partial charge in [-0.15, -0.1) is 0 Å². The van der Waals surface area contributed by atoms with Gasteiger partial charge < -0.3 is 4.90 Å². The topological polar surface area (TPSA) is 53.4 Å². The Bertz CT molecular complexity index is 647. The van der Waals surface area contributed by atoms with Gasteiger partial charge in [-0.1, -0.05) is 11.3 Å². The molecule has 2 rings (SSSR count). The maximum Gasteiger partial charge on any atom is 0.417 e. The van der Waals surface area contributed by atoms with Gasteiger partial charge in [0, 0.05) is 25.5 Å². The second kappa shape index (κ2) is 7.40. The molecule has 9 heteroatoms. The zero-order valence-electron chi connectivity index (χ0n) is 12.6. The van der Waals surface area contributed by atoms with Crippen molar-refractivity contribution in [3.63, 3.8) is 0 Å². The lowest BCUT2D eigenvalue weighted by molar-refractivity contribution is -0.137. The molecule has 124 valence electrons. The van der Waals surface area contributed by atoms with E-state index in [0.29, 0.717) is 0 Å². The average Bonchev–Trinajstić information content (AvgIpc) is 2.97. The van der Waals surface area contributed by atoms with Crippen LogP contribution in [-0.2, 0) is 6.18 Å². The molecule has 0 saturated heterocycles. The van der Waals surface area contributed by atoms with E-state index >= 15 is 0 Å². The minimum atomic E-state index is -4.39. The molecule has 0 radical (unpaired) electrons. The molecule has 0 aliphatic rings. The van der Waals surface area contributed by atoms with Crippen LogP contribution in [0.1, 0.15) is 24.3 Å². The Kier molecular flexibility index (Phi) is 5.54. The number of nitrogens with one attached hydrogen (secondary N) is 1. The van der Waals surface area contributed by atoms with Gasteiger partial charge in [0.15, 0.2) is 5.13 Å². The van der Waals surface area contributed by atoms with Crippen molar-refractivity contribution in [3.05, 3.63) is 35.0 Å². The third kappa shape index (κ3) is 4.65. The number of hydrogen-bond acceptors (Lipinski definition) is 6. The van der Waals surface area contributed by atoms with E-state index in [1.165, 1.54) is 17.4 Å². The molecule has 23 heavy (non-hydrogen) atoms. The molecular weight excluding hydrogens is 327 g/mol. The largest absolute Gasteiger partial charge is 0.417 e. The van der Waals surface area contributed by atoms with Crippen LogP contribution >= 0.6 is 11.3 Å². The number of halogens is 3. The summed E-state index contributed by atoms with van der Waals surface area (Å²) >= 11 is 1.49. The summed E-state index contributed by atoms with van der Waals surface area (Å²) in [4.78, 5) is 10.9. The van der Waals surface area contributed by atoms with Crippen LogP contribution in [0, 0.1) is 0 Å². The van der Waals surface area contributed by atoms with Crippen LogP contribution in [0.25, 0.3) is 0 Å². The maximum absolute atomic E-state index is 12.4. The van der Waals surface area contributed by atoms with Crippen LogP contribution in [0.3, 0.4) is 0 Å². The van der Waals surface area contributed by atoms with Gasteiger partial charge in [0.1, 0.15) is 5.82 Å². The minimum Gasteiger partial charge on any atom is -0.349 e. The number of hydrazone groups is 1. The highest BCUT2D eigenvalue weighted by Crippen LogP contribution is 2.28. The van der Waals surface area contributed by atoms with Crippen LogP contribution in [0.4, 0.5) is 24.1 Å². The first-order valence-corrected chi connectivity index (χ1v) is 7.78. The molecule has 0 unspecified atom stereocenters. The van der Waals surface area contributed by atoms with Gasteiger partial charge >= 0.3 is 6.18 Å². The van der Waals surface area contributed by atoms with Crippen LogP contribution in [-0.4, -0.2) is 29.3 Å². The predicted octanol–water partition coefficient (Wildman–Crippen LogP) is 3.85. The fraction of sp³-hybridized carbons (Fsp3) is 0.357. The summed E-state index contributed by atoms with van der Waals surface area (Å²) in [7, 11) is 0. The van der Waals surface area contributed by atoms with E-state index in [1.807, 2.05) is 0 Å². The minimum absolute atomic E-state index is 0.239. The molecule has 0 spiro atoms. The normalized spacial score (nSPS) is 11.9. The highest BCUT2D eigenvalue weighted by Gasteiger charge is 2.30. The average molecular weight is 343 g/mol. The summed E-state index contributed by atoms with van der Waals surface area (Å²) < 4.78 is 37.3. The number of anilines is 2. The molecule has 5 nitrogen and oxygen atoms in total. The summed E-state index contributed by atoms with van der Waals surface area (Å²) in [6.45, 7) is 5.84. The van der Waals surface area contributed by atoms with E-state index in [9.17, 15) is 13.2 Å². The van der Waals surface area contributed by atoms with E-state index in [1.54, 1.807) is 12.4 Å². The van der Waals surface area contributed by atoms with Crippen molar-refractivity contribution in [2.24, 2.45) is 5.10 Å². The van der Waals surface area contributed by atoms with E-state index in [0.717, 1.165) is 35.4 Å². The fourth-order valence-electron chi connectivity index (χ4n) is 1.77. The van der Waals surface area contributed by atoms with E-state index in [-0.39, 0.29) is 5.82 Å². The van der Waals surface area contributed by atoms with E-state index < -0.39 is 11.7 Å². The Balaban J connectivity index is 1.96. The van der Waals surface area contributed by atoms with Crippen molar-refractivity contribution in [2.45, 2.75) is 20.0 Å². The summed E-state index contributed by atoms with van der Waals surface area (Å²) in [5.41, 5.74) is 1.80. The number of aromatic nitrogens is 2. The number of pyridine rings is 1. The lowest BCUT2D eigenvalue weighted by Gasteiger charge is -2.16. The molecule has 2 heterocycles. The van der Waals surface area contributed by atoms with Crippen molar-refractivity contribution >= 4 is 28.5 Å². The van der Waals surface area contributed by atoms with Crippen LogP contribution in [0.15, 0.2) is 29.6 Å². The molecule has 2 aromatic heterocycles. The van der Waals surface area contributed by atoms with Crippen molar-refractivity contribution in [1.29, 1.82) is 0 Å². The quantitative estimate of drug-likeness (QED) is 0.639.